The number of allylic oxidation sites excluding steroid dienone is 1. The molecule has 2 saturated carbocycles. The van der Waals surface area contributed by atoms with Crippen LogP contribution in [-0.4, -0.2) is 103 Å². The first-order valence-corrected chi connectivity index (χ1v) is 25.0. The van der Waals surface area contributed by atoms with Gasteiger partial charge in [-0.15, -0.1) is 6.58 Å². The number of nitrogens with zero attached hydrogens (tertiary/aromatic N) is 2. The monoisotopic (exact) mass is 909 g/mol. The maximum Gasteiger partial charge on any atom is 0.239 e. The van der Waals surface area contributed by atoms with Gasteiger partial charge in [0.1, 0.15) is 23.3 Å². The van der Waals surface area contributed by atoms with Crippen LogP contribution in [0.1, 0.15) is 114 Å². The fraction of sp³-hybridized carbons (Fsp3) is 0.593. The standard InChI is InChI=1S/C54H72N2O10/c1-2-30-63-54-49(56(26-32-61-33-29-59)50(60)25-20-38-13-3-4-14-38)37-47(55-66-51-19-9-12-31-62-51)45-35-41(17-7-10-27-57)44(18-8-11-28-58)52(53(45)54)46-36-43(23-24-48(46)65-54)64-42-22-21-39-15-5-6-16-40(39)34-42/h2,5-6,15-16,21-24,34-36,38,41,44,49,51-53,57-59H,1,3-4,7-14,17-20,25-33,37H2. The third kappa shape index (κ3) is 11.2. The van der Waals surface area contributed by atoms with Gasteiger partial charge in [-0.1, -0.05) is 86.2 Å². The number of aliphatic hydroxyl groups excluding tert-OH is 3. The second-order valence-electron chi connectivity index (χ2n) is 18.9. The lowest BCUT2D eigenvalue weighted by atomic mass is 9.55. The van der Waals surface area contributed by atoms with Crippen LogP contribution >= 0.6 is 0 Å². The van der Waals surface area contributed by atoms with Gasteiger partial charge in [0.25, 0.3) is 0 Å². The number of oxime groups is 1. The summed E-state index contributed by atoms with van der Waals surface area (Å²) in [4.78, 5) is 23.3. The van der Waals surface area contributed by atoms with Crippen molar-refractivity contribution in [3.05, 3.63) is 90.5 Å². The van der Waals surface area contributed by atoms with Gasteiger partial charge in [0.2, 0.25) is 18.0 Å². The van der Waals surface area contributed by atoms with Crippen LogP contribution in [0.25, 0.3) is 10.8 Å². The maximum atomic E-state index is 15.0. The molecule has 0 bridgehead atoms. The molecule has 12 heteroatoms. The molecule has 3 aromatic rings. The summed E-state index contributed by atoms with van der Waals surface area (Å²) in [7, 11) is 0. The Labute approximate surface area is 390 Å². The predicted octanol–water partition coefficient (Wildman–Crippen LogP) is 9.60. The molecule has 3 fully saturated rings. The first kappa shape index (κ1) is 48.2. The number of unbranched alkanes of at least 4 members (excludes halogenated alkanes) is 2. The summed E-state index contributed by atoms with van der Waals surface area (Å²) in [5.41, 5.74) is 2.71. The van der Waals surface area contributed by atoms with E-state index in [4.69, 9.17) is 33.7 Å². The van der Waals surface area contributed by atoms with Crippen LogP contribution in [0, 0.1) is 23.7 Å². The van der Waals surface area contributed by atoms with E-state index >= 15 is 4.79 Å². The molecule has 1 saturated heterocycles. The zero-order chi connectivity index (χ0) is 45.7. The second-order valence-corrected chi connectivity index (χ2v) is 18.9. The van der Waals surface area contributed by atoms with Crippen LogP contribution in [0.3, 0.4) is 0 Å². The van der Waals surface area contributed by atoms with E-state index in [1.807, 2.05) is 35.2 Å². The van der Waals surface area contributed by atoms with Gasteiger partial charge in [0.15, 0.2) is 0 Å². The van der Waals surface area contributed by atoms with Crippen molar-refractivity contribution in [1.82, 2.24) is 4.90 Å². The minimum Gasteiger partial charge on any atom is -0.459 e. The Balaban J connectivity index is 1.29. The number of ether oxygens (including phenoxy) is 5. The molecule has 358 valence electrons. The van der Waals surface area contributed by atoms with Crippen molar-refractivity contribution in [3.8, 4) is 17.2 Å². The lowest BCUT2D eigenvalue weighted by Crippen LogP contribution is -2.70. The Kier molecular flexibility index (Phi) is 17.2. The largest absolute Gasteiger partial charge is 0.459 e. The molecular formula is C54H72N2O10. The topological polar surface area (TPSA) is 149 Å². The first-order chi connectivity index (χ1) is 32.5. The van der Waals surface area contributed by atoms with Crippen LogP contribution in [0.15, 0.2) is 90.1 Å². The molecule has 2 heterocycles. The average Bonchev–Trinajstić information content (AvgIpc) is 3.88. The molecule has 12 nitrogen and oxygen atoms in total. The van der Waals surface area contributed by atoms with E-state index in [1.165, 1.54) is 12.8 Å². The summed E-state index contributed by atoms with van der Waals surface area (Å²) in [6, 6.07) is 19.8. The van der Waals surface area contributed by atoms with Gasteiger partial charge in [-0.25, -0.2) is 0 Å². The Morgan fingerprint density at radius 3 is 2.41 bits per heavy atom. The van der Waals surface area contributed by atoms with Crippen molar-refractivity contribution in [3.63, 3.8) is 0 Å². The molecular weight excluding hydrogens is 837 g/mol. The number of aliphatic hydroxyl groups is 3. The number of carbonyl (C=O) groups excluding carboxylic acids is 1. The SMILES string of the molecule is C=CCOC12Oc3ccc(Oc4ccc5ccccc5c4)cc3C3C(CCCCO)C(CCCCO)C=C(C(=NOC4CCCCO4)CC1N(CCOCCO)C(=O)CCC1CCCC1)C32. The summed E-state index contributed by atoms with van der Waals surface area (Å²) in [6.07, 6.45) is 17.2. The smallest absolute Gasteiger partial charge is 0.239 e. The molecule has 66 heavy (non-hydrogen) atoms. The second kappa shape index (κ2) is 23.6. The summed E-state index contributed by atoms with van der Waals surface area (Å²) in [6.45, 7) is 5.62. The molecule has 3 N–H and O–H groups in total. The van der Waals surface area contributed by atoms with E-state index in [-0.39, 0.29) is 69.8 Å². The molecule has 7 atom stereocenters. The minimum absolute atomic E-state index is 0.00616. The van der Waals surface area contributed by atoms with Gasteiger partial charge < -0.3 is 48.7 Å². The molecule has 5 aliphatic rings. The van der Waals surface area contributed by atoms with Crippen molar-refractivity contribution in [1.29, 1.82) is 0 Å². The molecule has 0 radical (unpaired) electrons. The minimum atomic E-state index is -1.38. The normalized spacial score (nSPS) is 26.6. The Morgan fingerprint density at radius 2 is 1.64 bits per heavy atom. The highest BCUT2D eigenvalue weighted by Gasteiger charge is 2.65. The van der Waals surface area contributed by atoms with Crippen LogP contribution in [0.5, 0.6) is 17.2 Å². The van der Waals surface area contributed by atoms with Crippen molar-refractivity contribution in [2.75, 3.05) is 52.8 Å². The third-order valence-electron chi connectivity index (χ3n) is 14.7. The van der Waals surface area contributed by atoms with Gasteiger partial charge in [-0.3, -0.25) is 4.79 Å². The Morgan fingerprint density at radius 1 is 0.864 bits per heavy atom. The highest BCUT2D eigenvalue weighted by Crippen LogP contribution is 2.62. The quantitative estimate of drug-likeness (QED) is 0.0451. The lowest BCUT2D eigenvalue weighted by molar-refractivity contribution is -0.258. The maximum absolute atomic E-state index is 15.0. The van der Waals surface area contributed by atoms with Gasteiger partial charge in [-0.2, -0.15) is 0 Å². The molecule has 2 aliphatic heterocycles. The molecule has 3 aliphatic carbocycles. The van der Waals surface area contributed by atoms with Gasteiger partial charge in [0, 0.05) is 50.5 Å². The molecule has 8 rings (SSSR count). The highest BCUT2D eigenvalue weighted by molar-refractivity contribution is 6.03. The Hall–Kier alpha value is -4.30. The lowest BCUT2D eigenvalue weighted by Gasteiger charge is -2.60. The number of carbonyl (C=O) groups is 1. The van der Waals surface area contributed by atoms with Gasteiger partial charge in [0.05, 0.1) is 44.7 Å². The zero-order valence-electron chi connectivity index (χ0n) is 38.7. The van der Waals surface area contributed by atoms with E-state index < -0.39 is 24.0 Å². The summed E-state index contributed by atoms with van der Waals surface area (Å²) in [5.74, 6) is 0.712. The van der Waals surface area contributed by atoms with E-state index in [1.54, 1.807) is 6.08 Å². The number of hydrogen-bond acceptors (Lipinski definition) is 11. The van der Waals surface area contributed by atoms with Gasteiger partial charge >= 0.3 is 0 Å². The fourth-order valence-electron chi connectivity index (χ4n) is 11.5. The van der Waals surface area contributed by atoms with Gasteiger partial charge in [-0.05, 0) is 109 Å². The molecule has 1 amide bonds. The van der Waals surface area contributed by atoms with Crippen molar-refractivity contribution >= 4 is 22.4 Å². The molecule has 0 aromatic heterocycles. The van der Waals surface area contributed by atoms with E-state index in [2.05, 4.69) is 43.0 Å². The number of benzene rings is 3. The fourth-order valence-corrected chi connectivity index (χ4v) is 11.5. The van der Waals surface area contributed by atoms with Crippen molar-refractivity contribution in [2.45, 2.75) is 127 Å². The van der Waals surface area contributed by atoms with E-state index in [0.717, 1.165) is 97.6 Å². The highest BCUT2D eigenvalue weighted by atomic mass is 16.8. The zero-order valence-corrected chi connectivity index (χ0v) is 38.7. The van der Waals surface area contributed by atoms with Crippen LogP contribution < -0.4 is 9.47 Å². The third-order valence-corrected chi connectivity index (χ3v) is 14.7. The van der Waals surface area contributed by atoms with E-state index in [0.29, 0.717) is 49.7 Å². The summed E-state index contributed by atoms with van der Waals surface area (Å²) in [5, 5.41) is 37.0. The number of fused-ring (bicyclic) bond motifs is 3. The first-order valence-electron chi connectivity index (χ1n) is 25.0. The number of amides is 1. The van der Waals surface area contributed by atoms with Crippen molar-refractivity contribution < 1.29 is 48.6 Å². The number of hydrogen-bond donors (Lipinski definition) is 3. The van der Waals surface area contributed by atoms with Crippen LogP contribution in [0.4, 0.5) is 0 Å². The summed E-state index contributed by atoms with van der Waals surface area (Å²) >= 11 is 0. The molecule has 0 spiro atoms. The number of rotatable bonds is 24. The van der Waals surface area contributed by atoms with E-state index in [9.17, 15) is 15.3 Å². The predicted molar refractivity (Wildman–Crippen MR) is 254 cm³/mol. The van der Waals surface area contributed by atoms with Crippen LogP contribution in [0.2, 0.25) is 0 Å². The van der Waals surface area contributed by atoms with Crippen LogP contribution in [-0.2, 0) is 23.8 Å². The Bertz CT molecular complexity index is 2110. The molecule has 7 unspecified atom stereocenters. The summed E-state index contributed by atoms with van der Waals surface area (Å²) < 4.78 is 33.3. The average molecular weight is 909 g/mol. The van der Waals surface area contributed by atoms with Crippen molar-refractivity contribution in [2.24, 2.45) is 28.8 Å². The molecule has 3 aromatic carbocycles.